The Kier molecular flexibility index (Phi) is 5.96. The monoisotopic (exact) mass is 407 g/mol. The number of para-hydroxylation sites is 1. The third-order valence-electron chi connectivity index (χ3n) is 5.00. The quantitative estimate of drug-likeness (QED) is 0.598. The zero-order valence-electron chi connectivity index (χ0n) is 15.9. The molecular weight excluding hydrogens is 386 g/mol. The molecule has 0 atom stereocenters. The minimum atomic E-state index is -0.185. The van der Waals surface area contributed by atoms with Gasteiger partial charge in [-0.3, -0.25) is 9.36 Å². The van der Waals surface area contributed by atoms with Gasteiger partial charge in [-0.15, -0.1) is 10.2 Å². The molecule has 0 bridgehead atoms. The highest BCUT2D eigenvalue weighted by atomic mass is 32.2. The number of aromatic nitrogens is 3. The highest BCUT2D eigenvalue weighted by Gasteiger charge is 2.25. The number of hydrogen-bond donors (Lipinski definition) is 1. The molecule has 2 aromatic heterocycles. The molecule has 2 heterocycles. The van der Waals surface area contributed by atoms with Crippen LogP contribution in [0.2, 0.25) is 0 Å². The van der Waals surface area contributed by atoms with Gasteiger partial charge in [0.1, 0.15) is 6.07 Å². The van der Waals surface area contributed by atoms with Crippen LogP contribution in [-0.4, -0.2) is 26.4 Å². The minimum absolute atomic E-state index is 0.183. The Morgan fingerprint density at radius 1 is 1.21 bits per heavy atom. The first-order valence-electron chi connectivity index (χ1n) is 9.67. The minimum Gasteiger partial charge on any atom is -0.461 e. The molecule has 1 N–H and O–H groups in total. The molecule has 0 radical (unpaired) electrons. The molecule has 3 aromatic rings. The Morgan fingerprint density at radius 2 is 2.03 bits per heavy atom. The molecule has 1 amide bonds. The van der Waals surface area contributed by atoms with E-state index < -0.39 is 0 Å². The van der Waals surface area contributed by atoms with E-state index in [1.807, 2.05) is 12.1 Å². The van der Waals surface area contributed by atoms with Gasteiger partial charge in [0, 0.05) is 6.04 Å². The fourth-order valence-electron chi connectivity index (χ4n) is 3.62. The largest absolute Gasteiger partial charge is 0.461 e. The summed E-state index contributed by atoms with van der Waals surface area (Å²) in [6.07, 6.45) is 7.37. The standard InChI is InChI=1S/C21H21N5O2S/c22-13-15-7-4-5-10-17(15)23-19(27)14-29-21-25-24-20(18-11-6-12-28-18)26(21)16-8-2-1-3-9-16/h4-7,10-12,16H,1-3,8-9,14H2,(H,23,27). The summed E-state index contributed by atoms with van der Waals surface area (Å²) in [4.78, 5) is 12.5. The first kappa shape index (κ1) is 19.3. The predicted octanol–water partition coefficient (Wildman–Crippen LogP) is 4.65. The number of rotatable bonds is 6. The first-order valence-corrected chi connectivity index (χ1v) is 10.7. The van der Waals surface area contributed by atoms with Gasteiger partial charge in [0.2, 0.25) is 11.7 Å². The van der Waals surface area contributed by atoms with E-state index in [0.29, 0.717) is 34.0 Å². The number of nitriles is 1. The van der Waals surface area contributed by atoms with Crippen molar-refractivity contribution in [2.24, 2.45) is 0 Å². The lowest BCUT2D eigenvalue weighted by Crippen LogP contribution is -2.17. The summed E-state index contributed by atoms with van der Waals surface area (Å²) in [7, 11) is 0. The van der Waals surface area contributed by atoms with Crippen LogP contribution in [0.5, 0.6) is 0 Å². The number of anilines is 1. The van der Waals surface area contributed by atoms with Crippen LogP contribution in [-0.2, 0) is 4.79 Å². The van der Waals surface area contributed by atoms with Crippen LogP contribution < -0.4 is 5.32 Å². The van der Waals surface area contributed by atoms with E-state index >= 15 is 0 Å². The fourth-order valence-corrected chi connectivity index (χ4v) is 4.43. The summed E-state index contributed by atoms with van der Waals surface area (Å²) in [5, 5.41) is 21.4. The summed E-state index contributed by atoms with van der Waals surface area (Å²) < 4.78 is 7.68. The van der Waals surface area contributed by atoms with Crippen LogP contribution in [0.4, 0.5) is 5.69 Å². The summed E-state index contributed by atoms with van der Waals surface area (Å²) in [5.74, 6) is 1.39. The Morgan fingerprint density at radius 3 is 2.79 bits per heavy atom. The third kappa shape index (κ3) is 4.35. The summed E-state index contributed by atoms with van der Waals surface area (Å²) in [6, 6.07) is 13.1. The number of nitrogens with one attached hydrogen (secondary N) is 1. The van der Waals surface area contributed by atoms with Gasteiger partial charge in [-0.25, -0.2) is 0 Å². The second kappa shape index (κ2) is 8.97. The Hall–Kier alpha value is -3.05. The highest BCUT2D eigenvalue weighted by molar-refractivity contribution is 7.99. The van der Waals surface area contributed by atoms with Gasteiger partial charge in [0.05, 0.1) is 23.3 Å². The van der Waals surface area contributed by atoms with Crippen molar-refractivity contribution >= 4 is 23.4 Å². The van der Waals surface area contributed by atoms with Crippen molar-refractivity contribution in [1.29, 1.82) is 5.26 Å². The molecule has 0 aliphatic heterocycles. The van der Waals surface area contributed by atoms with Crippen molar-refractivity contribution in [3.8, 4) is 17.7 Å². The van der Waals surface area contributed by atoms with Crippen LogP contribution in [0.25, 0.3) is 11.6 Å². The molecule has 0 unspecified atom stereocenters. The van der Waals surface area contributed by atoms with E-state index in [0.717, 1.165) is 12.8 Å². The van der Waals surface area contributed by atoms with Crippen molar-refractivity contribution in [3.05, 3.63) is 48.2 Å². The molecule has 0 spiro atoms. The predicted molar refractivity (Wildman–Crippen MR) is 110 cm³/mol. The zero-order valence-corrected chi connectivity index (χ0v) is 16.7. The average Bonchev–Trinajstić information content (AvgIpc) is 3.43. The maximum absolute atomic E-state index is 12.5. The van der Waals surface area contributed by atoms with Gasteiger partial charge < -0.3 is 9.73 Å². The maximum atomic E-state index is 12.5. The second-order valence-corrected chi connectivity index (χ2v) is 7.88. The van der Waals surface area contributed by atoms with Crippen molar-refractivity contribution in [2.75, 3.05) is 11.1 Å². The number of nitrogens with zero attached hydrogens (tertiary/aromatic N) is 4. The van der Waals surface area contributed by atoms with E-state index in [-0.39, 0.29) is 11.7 Å². The van der Waals surface area contributed by atoms with Crippen LogP contribution >= 0.6 is 11.8 Å². The van der Waals surface area contributed by atoms with Crippen LogP contribution in [0.1, 0.15) is 43.7 Å². The van der Waals surface area contributed by atoms with Gasteiger partial charge in [0.15, 0.2) is 10.9 Å². The summed E-state index contributed by atoms with van der Waals surface area (Å²) >= 11 is 1.35. The summed E-state index contributed by atoms with van der Waals surface area (Å²) in [5.41, 5.74) is 0.960. The Bertz CT molecular complexity index is 1020. The normalized spacial score (nSPS) is 14.4. The summed E-state index contributed by atoms with van der Waals surface area (Å²) in [6.45, 7) is 0. The zero-order chi connectivity index (χ0) is 20.1. The fraction of sp³-hybridized carbons (Fsp3) is 0.333. The highest BCUT2D eigenvalue weighted by Crippen LogP contribution is 2.35. The van der Waals surface area contributed by atoms with Gasteiger partial charge >= 0.3 is 0 Å². The number of carbonyl (C=O) groups is 1. The van der Waals surface area contributed by atoms with Crippen LogP contribution in [0.15, 0.2) is 52.2 Å². The number of furan rings is 1. The third-order valence-corrected chi connectivity index (χ3v) is 5.94. The molecule has 4 rings (SSSR count). The average molecular weight is 407 g/mol. The molecule has 1 aliphatic rings. The number of hydrogen-bond acceptors (Lipinski definition) is 6. The number of thioether (sulfide) groups is 1. The molecule has 8 heteroatoms. The van der Waals surface area contributed by atoms with Crippen molar-refractivity contribution in [2.45, 2.75) is 43.3 Å². The molecule has 0 saturated heterocycles. The van der Waals surface area contributed by atoms with E-state index in [2.05, 4.69) is 26.2 Å². The lowest BCUT2D eigenvalue weighted by Gasteiger charge is -2.25. The Balaban J connectivity index is 1.51. The van der Waals surface area contributed by atoms with E-state index in [1.54, 1.807) is 30.5 Å². The van der Waals surface area contributed by atoms with Crippen molar-refractivity contribution in [3.63, 3.8) is 0 Å². The molecule has 1 aromatic carbocycles. The van der Waals surface area contributed by atoms with Crippen LogP contribution in [0.3, 0.4) is 0 Å². The molecule has 1 saturated carbocycles. The molecule has 7 nitrogen and oxygen atoms in total. The van der Waals surface area contributed by atoms with Gasteiger partial charge in [-0.1, -0.05) is 43.2 Å². The van der Waals surface area contributed by atoms with Gasteiger partial charge in [-0.05, 0) is 37.1 Å². The van der Waals surface area contributed by atoms with Gasteiger partial charge in [0.25, 0.3) is 0 Å². The number of benzene rings is 1. The first-order chi connectivity index (χ1) is 14.3. The van der Waals surface area contributed by atoms with E-state index in [4.69, 9.17) is 4.42 Å². The lowest BCUT2D eigenvalue weighted by molar-refractivity contribution is -0.113. The lowest BCUT2D eigenvalue weighted by atomic mass is 9.95. The number of amides is 1. The van der Waals surface area contributed by atoms with Crippen molar-refractivity contribution < 1.29 is 9.21 Å². The SMILES string of the molecule is N#Cc1ccccc1NC(=O)CSc1nnc(-c2ccco2)n1C1CCCCC1. The van der Waals surface area contributed by atoms with Gasteiger partial charge in [-0.2, -0.15) is 5.26 Å². The van der Waals surface area contributed by atoms with E-state index in [1.165, 1.54) is 31.0 Å². The maximum Gasteiger partial charge on any atom is 0.234 e. The molecule has 29 heavy (non-hydrogen) atoms. The van der Waals surface area contributed by atoms with E-state index in [9.17, 15) is 10.1 Å². The van der Waals surface area contributed by atoms with Crippen molar-refractivity contribution in [1.82, 2.24) is 14.8 Å². The molecule has 148 valence electrons. The number of carbonyl (C=O) groups excluding carboxylic acids is 1. The smallest absolute Gasteiger partial charge is 0.234 e. The Labute approximate surface area is 173 Å². The second-order valence-electron chi connectivity index (χ2n) is 6.94. The molecule has 1 aliphatic carbocycles. The molecular formula is C21H21N5O2S. The van der Waals surface area contributed by atoms with Crippen LogP contribution in [0, 0.1) is 11.3 Å². The molecule has 1 fully saturated rings. The topological polar surface area (TPSA) is 96.7 Å².